The quantitative estimate of drug-likeness (QED) is 0.795. The number of methoxy groups -OCH3 is 1. The first-order valence-corrected chi connectivity index (χ1v) is 5.26. The Morgan fingerprint density at radius 2 is 2.22 bits per heavy atom. The van der Waals surface area contributed by atoms with Crippen molar-refractivity contribution in [2.24, 2.45) is 0 Å². The van der Waals surface area contributed by atoms with Crippen molar-refractivity contribution in [1.82, 2.24) is 19.7 Å². The highest BCUT2D eigenvalue weighted by Gasteiger charge is 2.12. The van der Waals surface area contributed by atoms with Crippen molar-refractivity contribution in [3.8, 4) is 5.69 Å². The van der Waals surface area contributed by atoms with Gasteiger partial charge in [-0.1, -0.05) is 0 Å². The molecule has 0 saturated heterocycles. The summed E-state index contributed by atoms with van der Waals surface area (Å²) in [7, 11) is 1.27. The number of ether oxygens (including phenoxy) is 1. The fourth-order valence-electron chi connectivity index (χ4n) is 1.35. The zero-order valence-corrected chi connectivity index (χ0v) is 9.94. The number of hydrogen-bond donors (Lipinski definition) is 1. The highest BCUT2D eigenvalue weighted by molar-refractivity contribution is 5.84. The lowest BCUT2D eigenvalue weighted by molar-refractivity contribution is 0.0587. The molecule has 7 heteroatoms. The van der Waals surface area contributed by atoms with Gasteiger partial charge < -0.3 is 9.84 Å². The monoisotopic (exact) mass is 248 g/mol. The van der Waals surface area contributed by atoms with E-state index < -0.39 is 12.1 Å². The molecule has 7 nitrogen and oxygen atoms in total. The van der Waals surface area contributed by atoms with E-state index in [1.165, 1.54) is 24.3 Å². The summed E-state index contributed by atoms with van der Waals surface area (Å²) in [6.45, 7) is 1.63. The van der Waals surface area contributed by atoms with Gasteiger partial charge in [0.1, 0.15) is 6.33 Å². The van der Waals surface area contributed by atoms with Crippen molar-refractivity contribution in [1.29, 1.82) is 0 Å². The number of esters is 1. The number of nitrogens with zero attached hydrogens (tertiary/aromatic N) is 4. The molecule has 0 aliphatic heterocycles. The lowest BCUT2D eigenvalue weighted by atomic mass is 10.2. The van der Waals surface area contributed by atoms with Gasteiger partial charge in [0.25, 0.3) is 5.82 Å². The topological polar surface area (TPSA) is 90.1 Å². The van der Waals surface area contributed by atoms with Crippen molar-refractivity contribution in [3.05, 3.63) is 36.2 Å². The van der Waals surface area contributed by atoms with Crippen LogP contribution in [0.1, 0.15) is 29.3 Å². The minimum Gasteiger partial charge on any atom is -0.463 e. The summed E-state index contributed by atoms with van der Waals surface area (Å²) in [4.78, 5) is 19.1. The lowest BCUT2D eigenvalue weighted by Crippen LogP contribution is -2.05. The average molecular weight is 248 g/mol. The van der Waals surface area contributed by atoms with Crippen LogP contribution in [-0.2, 0) is 4.74 Å². The second kappa shape index (κ2) is 4.92. The van der Waals surface area contributed by atoms with Gasteiger partial charge in [-0.25, -0.2) is 14.5 Å². The first-order valence-electron chi connectivity index (χ1n) is 5.26. The molecule has 2 aromatic heterocycles. The van der Waals surface area contributed by atoms with Gasteiger partial charge in [-0.15, -0.1) is 5.10 Å². The Morgan fingerprint density at radius 1 is 1.44 bits per heavy atom. The molecule has 0 aliphatic rings. The zero-order chi connectivity index (χ0) is 13.1. The zero-order valence-electron chi connectivity index (χ0n) is 9.94. The molecule has 0 spiro atoms. The van der Waals surface area contributed by atoms with Crippen LogP contribution in [0, 0.1) is 0 Å². The molecule has 0 saturated carbocycles. The predicted octanol–water partition coefficient (Wildman–Crippen LogP) is 0.502. The van der Waals surface area contributed by atoms with E-state index in [2.05, 4.69) is 19.8 Å². The molecule has 0 bridgehead atoms. The molecule has 2 rings (SSSR count). The molecular formula is C11H12N4O3. The number of hydrogen-bond acceptors (Lipinski definition) is 6. The number of carbonyl (C=O) groups excluding carboxylic acids is 1. The Kier molecular flexibility index (Phi) is 3.33. The maximum atomic E-state index is 11.2. The van der Waals surface area contributed by atoms with E-state index in [4.69, 9.17) is 0 Å². The third-order valence-electron chi connectivity index (χ3n) is 2.32. The SMILES string of the molecule is COC(=O)c1ncn(-c2ccc([C@@H](C)O)nc2)n1. The molecule has 2 aromatic rings. The maximum Gasteiger partial charge on any atom is 0.377 e. The minimum absolute atomic E-state index is 0.0166. The van der Waals surface area contributed by atoms with E-state index in [9.17, 15) is 9.90 Å². The second-order valence-electron chi connectivity index (χ2n) is 3.62. The largest absolute Gasteiger partial charge is 0.463 e. The molecule has 0 amide bonds. The highest BCUT2D eigenvalue weighted by Crippen LogP contribution is 2.11. The molecule has 0 unspecified atom stereocenters. The van der Waals surface area contributed by atoms with Crippen molar-refractivity contribution in [2.75, 3.05) is 7.11 Å². The summed E-state index contributed by atoms with van der Waals surface area (Å²) in [5.74, 6) is -0.612. The van der Waals surface area contributed by atoms with Crippen molar-refractivity contribution < 1.29 is 14.6 Å². The summed E-state index contributed by atoms with van der Waals surface area (Å²) in [6.07, 6.45) is 2.31. The molecular weight excluding hydrogens is 236 g/mol. The van der Waals surface area contributed by atoms with Crippen LogP contribution < -0.4 is 0 Å². The smallest absolute Gasteiger partial charge is 0.377 e. The summed E-state index contributed by atoms with van der Waals surface area (Å²) in [6, 6.07) is 3.41. The number of pyridine rings is 1. The second-order valence-corrected chi connectivity index (χ2v) is 3.62. The third-order valence-corrected chi connectivity index (χ3v) is 2.32. The Bertz CT molecular complexity index is 548. The van der Waals surface area contributed by atoms with E-state index >= 15 is 0 Å². The van der Waals surface area contributed by atoms with Gasteiger partial charge in [0.2, 0.25) is 0 Å². The van der Waals surface area contributed by atoms with E-state index in [1.54, 1.807) is 19.1 Å². The minimum atomic E-state index is -0.625. The molecule has 0 aliphatic carbocycles. The number of aliphatic hydroxyl groups is 1. The molecule has 2 heterocycles. The van der Waals surface area contributed by atoms with E-state index in [0.717, 1.165) is 0 Å². The molecule has 1 N–H and O–H groups in total. The standard InChI is InChI=1S/C11H12N4O3/c1-7(16)9-4-3-8(5-12-9)15-6-13-10(14-15)11(17)18-2/h3-7,16H,1-2H3/t7-/m1/s1. The fourth-order valence-corrected chi connectivity index (χ4v) is 1.35. The first-order chi connectivity index (χ1) is 8.61. The molecule has 0 radical (unpaired) electrons. The summed E-state index contributed by atoms with van der Waals surface area (Å²) < 4.78 is 5.92. The Balaban J connectivity index is 2.26. The molecule has 0 fully saturated rings. The predicted molar refractivity (Wildman–Crippen MR) is 61.1 cm³/mol. The first kappa shape index (κ1) is 12.2. The van der Waals surface area contributed by atoms with Gasteiger partial charge in [-0.3, -0.25) is 4.98 Å². The fraction of sp³-hybridized carbons (Fsp3) is 0.273. The summed E-state index contributed by atoms with van der Waals surface area (Å²) >= 11 is 0. The highest BCUT2D eigenvalue weighted by atomic mass is 16.5. The van der Waals surface area contributed by atoms with Gasteiger partial charge in [0, 0.05) is 0 Å². The van der Waals surface area contributed by atoms with Crippen LogP contribution in [0.4, 0.5) is 0 Å². The maximum absolute atomic E-state index is 11.2. The van der Waals surface area contributed by atoms with E-state index in [-0.39, 0.29) is 5.82 Å². The van der Waals surface area contributed by atoms with Crippen molar-refractivity contribution in [3.63, 3.8) is 0 Å². The number of aromatic nitrogens is 4. The molecule has 1 atom stereocenters. The normalized spacial score (nSPS) is 12.2. The Hall–Kier alpha value is -2.28. The van der Waals surface area contributed by atoms with Crippen LogP contribution in [0.15, 0.2) is 24.7 Å². The lowest BCUT2D eigenvalue weighted by Gasteiger charge is -2.04. The van der Waals surface area contributed by atoms with Gasteiger partial charge in [-0.2, -0.15) is 0 Å². The van der Waals surface area contributed by atoms with Gasteiger partial charge >= 0.3 is 5.97 Å². The van der Waals surface area contributed by atoms with Gasteiger partial charge in [0.15, 0.2) is 0 Å². The van der Waals surface area contributed by atoms with Crippen molar-refractivity contribution >= 4 is 5.97 Å². The molecule has 18 heavy (non-hydrogen) atoms. The van der Waals surface area contributed by atoms with Crippen LogP contribution in [-0.4, -0.2) is 37.9 Å². The van der Waals surface area contributed by atoms with Crippen molar-refractivity contribution in [2.45, 2.75) is 13.0 Å². The molecule has 0 aromatic carbocycles. The summed E-state index contributed by atoms with van der Waals surface area (Å²) in [5, 5.41) is 13.3. The van der Waals surface area contributed by atoms with Crippen LogP contribution >= 0.6 is 0 Å². The number of rotatable bonds is 3. The van der Waals surface area contributed by atoms with Crippen LogP contribution in [0.2, 0.25) is 0 Å². The Labute approximate surface area is 103 Å². The average Bonchev–Trinajstić information content (AvgIpc) is 2.87. The van der Waals surface area contributed by atoms with Crippen LogP contribution in [0.3, 0.4) is 0 Å². The van der Waals surface area contributed by atoms with Crippen LogP contribution in [0.25, 0.3) is 5.69 Å². The van der Waals surface area contributed by atoms with E-state index in [1.807, 2.05) is 0 Å². The molecule has 94 valence electrons. The number of aliphatic hydroxyl groups excluding tert-OH is 1. The number of carbonyl (C=O) groups is 1. The third kappa shape index (κ3) is 2.35. The van der Waals surface area contributed by atoms with E-state index in [0.29, 0.717) is 11.4 Å². The van der Waals surface area contributed by atoms with Gasteiger partial charge in [0.05, 0.1) is 30.8 Å². The Morgan fingerprint density at radius 3 is 2.78 bits per heavy atom. The van der Waals surface area contributed by atoms with Gasteiger partial charge in [-0.05, 0) is 19.1 Å². The van der Waals surface area contributed by atoms with Crippen LogP contribution in [0.5, 0.6) is 0 Å². The summed E-state index contributed by atoms with van der Waals surface area (Å²) in [5.41, 5.74) is 1.20.